The monoisotopic (exact) mass is 290 g/mol. The van der Waals surface area contributed by atoms with E-state index in [-0.39, 0.29) is 0 Å². The van der Waals surface area contributed by atoms with Gasteiger partial charge in [0.15, 0.2) is 5.79 Å². The zero-order valence-corrected chi connectivity index (χ0v) is 12.8. The summed E-state index contributed by atoms with van der Waals surface area (Å²) >= 11 is 0. The Bertz CT molecular complexity index is 509. The average molecular weight is 290 g/mol. The molecule has 0 unspecified atom stereocenters. The molecule has 0 bridgehead atoms. The van der Waals surface area contributed by atoms with Crippen molar-refractivity contribution < 1.29 is 19.0 Å². The highest BCUT2D eigenvalue weighted by atomic mass is 16.8. The SMILES string of the molecule is C=CC[C@]1(C(=O)OCC)OC(C)(C)O[C@H]1c1ccccc1. The van der Waals surface area contributed by atoms with Crippen molar-refractivity contribution in [3.8, 4) is 0 Å². The van der Waals surface area contributed by atoms with E-state index in [1.165, 1.54) is 0 Å². The minimum absolute atomic E-state index is 0.295. The molecule has 114 valence electrons. The summed E-state index contributed by atoms with van der Waals surface area (Å²) in [4.78, 5) is 12.6. The molecule has 0 saturated carbocycles. The summed E-state index contributed by atoms with van der Waals surface area (Å²) in [6.45, 7) is 9.41. The van der Waals surface area contributed by atoms with E-state index in [4.69, 9.17) is 14.2 Å². The first kappa shape index (κ1) is 15.7. The van der Waals surface area contributed by atoms with E-state index in [0.29, 0.717) is 13.0 Å². The normalized spacial score (nSPS) is 27.3. The van der Waals surface area contributed by atoms with Crippen LogP contribution in [0.1, 0.15) is 38.9 Å². The molecular formula is C17H22O4. The molecule has 0 amide bonds. The summed E-state index contributed by atoms with van der Waals surface area (Å²) in [7, 11) is 0. The van der Waals surface area contributed by atoms with Crippen molar-refractivity contribution >= 4 is 5.97 Å². The number of benzene rings is 1. The summed E-state index contributed by atoms with van der Waals surface area (Å²) in [6, 6.07) is 9.59. The maximum absolute atomic E-state index is 12.6. The van der Waals surface area contributed by atoms with Gasteiger partial charge in [-0.2, -0.15) is 0 Å². The van der Waals surface area contributed by atoms with Crippen LogP contribution in [0.3, 0.4) is 0 Å². The first-order chi connectivity index (χ1) is 9.95. The third kappa shape index (κ3) is 3.01. The highest BCUT2D eigenvalue weighted by molar-refractivity contribution is 5.81. The molecule has 0 aliphatic carbocycles. The van der Waals surface area contributed by atoms with Crippen LogP contribution in [0.4, 0.5) is 0 Å². The molecule has 1 aliphatic rings. The van der Waals surface area contributed by atoms with Gasteiger partial charge in [-0.05, 0) is 26.3 Å². The molecule has 4 nitrogen and oxygen atoms in total. The standard InChI is InChI=1S/C17H22O4/c1-5-12-17(15(18)19-6-2)14(20-16(3,4)21-17)13-10-8-7-9-11-13/h5,7-11,14H,1,6,12H2,2-4H3/t14-,17-/m0/s1. The van der Waals surface area contributed by atoms with Gasteiger partial charge < -0.3 is 14.2 Å². The van der Waals surface area contributed by atoms with Crippen molar-refractivity contribution in [3.05, 3.63) is 48.6 Å². The fraction of sp³-hybridized carbons (Fsp3) is 0.471. The van der Waals surface area contributed by atoms with Gasteiger partial charge in [0.05, 0.1) is 6.61 Å². The third-order valence-corrected chi connectivity index (χ3v) is 3.42. The van der Waals surface area contributed by atoms with Gasteiger partial charge in [-0.1, -0.05) is 36.4 Å². The van der Waals surface area contributed by atoms with Crippen molar-refractivity contribution in [3.63, 3.8) is 0 Å². The molecule has 0 spiro atoms. The topological polar surface area (TPSA) is 44.8 Å². The van der Waals surface area contributed by atoms with E-state index in [1.807, 2.05) is 30.3 Å². The first-order valence-corrected chi connectivity index (χ1v) is 7.16. The minimum atomic E-state index is -1.19. The number of esters is 1. The lowest BCUT2D eigenvalue weighted by Crippen LogP contribution is -2.45. The zero-order valence-electron chi connectivity index (χ0n) is 12.8. The molecule has 0 aromatic heterocycles. The molecule has 1 fully saturated rings. The van der Waals surface area contributed by atoms with Gasteiger partial charge in [0.25, 0.3) is 0 Å². The predicted molar refractivity (Wildman–Crippen MR) is 79.6 cm³/mol. The highest BCUT2D eigenvalue weighted by Gasteiger charge is 2.59. The second-order valence-corrected chi connectivity index (χ2v) is 5.51. The molecule has 1 aromatic rings. The van der Waals surface area contributed by atoms with Crippen molar-refractivity contribution in [1.82, 2.24) is 0 Å². The molecule has 1 aliphatic heterocycles. The van der Waals surface area contributed by atoms with E-state index in [9.17, 15) is 4.79 Å². The molecule has 2 rings (SSSR count). The van der Waals surface area contributed by atoms with Crippen LogP contribution in [-0.4, -0.2) is 24.0 Å². The fourth-order valence-electron chi connectivity index (χ4n) is 2.71. The Morgan fingerprint density at radius 1 is 1.38 bits per heavy atom. The van der Waals surface area contributed by atoms with Crippen LogP contribution in [-0.2, 0) is 19.0 Å². The number of hydrogen-bond acceptors (Lipinski definition) is 4. The van der Waals surface area contributed by atoms with E-state index in [0.717, 1.165) is 5.56 Å². The van der Waals surface area contributed by atoms with Crippen LogP contribution in [0.15, 0.2) is 43.0 Å². The van der Waals surface area contributed by atoms with Crippen molar-refractivity contribution in [2.45, 2.75) is 44.7 Å². The van der Waals surface area contributed by atoms with E-state index < -0.39 is 23.5 Å². The number of carbonyl (C=O) groups excluding carboxylic acids is 1. The molecule has 21 heavy (non-hydrogen) atoms. The zero-order chi connectivity index (χ0) is 15.5. The van der Waals surface area contributed by atoms with Crippen molar-refractivity contribution in [2.24, 2.45) is 0 Å². The van der Waals surface area contributed by atoms with Crippen LogP contribution in [0, 0.1) is 0 Å². The van der Waals surface area contributed by atoms with E-state index >= 15 is 0 Å². The Kier molecular flexibility index (Phi) is 4.49. The smallest absolute Gasteiger partial charge is 0.341 e. The van der Waals surface area contributed by atoms with Crippen LogP contribution in [0.2, 0.25) is 0 Å². The van der Waals surface area contributed by atoms with Gasteiger partial charge in [-0.15, -0.1) is 6.58 Å². The Morgan fingerprint density at radius 3 is 2.62 bits per heavy atom. The first-order valence-electron chi connectivity index (χ1n) is 7.16. The van der Waals surface area contributed by atoms with Crippen LogP contribution >= 0.6 is 0 Å². The van der Waals surface area contributed by atoms with Crippen molar-refractivity contribution in [1.29, 1.82) is 0 Å². The van der Waals surface area contributed by atoms with E-state index in [1.54, 1.807) is 26.8 Å². The third-order valence-electron chi connectivity index (χ3n) is 3.42. The van der Waals surface area contributed by atoms with Gasteiger partial charge in [0.2, 0.25) is 5.60 Å². The lowest BCUT2D eigenvalue weighted by molar-refractivity contribution is -0.189. The van der Waals surface area contributed by atoms with Gasteiger partial charge in [-0.3, -0.25) is 0 Å². The largest absolute Gasteiger partial charge is 0.464 e. The van der Waals surface area contributed by atoms with Gasteiger partial charge in [0.1, 0.15) is 6.10 Å². The molecule has 2 atom stereocenters. The molecular weight excluding hydrogens is 268 g/mol. The maximum atomic E-state index is 12.6. The Balaban J connectivity index is 2.47. The average Bonchev–Trinajstić information content (AvgIpc) is 2.73. The minimum Gasteiger partial charge on any atom is -0.464 e. The lowest BCUT2D eigenvalue weighted by Gasteiger charge is -2.29. The summed E-state index contributed by atoms with van der Waals surface area (Å²) in [5.74, 6) is -1.28. The highest BCUT2D eigenvalue weighted by Crippen LogP contribution is 2.48. The number of hydrogen-bond donors (Lipinski definition) is 0. The molecule has 0 N–H and O–H groups in total. The maximum Gasteiger partial charge on any atom is 0.341 e. The predicted octanol–water partition coefficient (Wildman–Crippen LogP) is 3.39. The summed E-state index contributed by atoms with van der Waals surface area (Å²) in [5, 5.41) is 0. The van der Waals surface area contributed by atoms with Crippen LogP contribution in [0.25, 0.3) is 0 Å². The van der Waals surface area contributed by atoms with Gasteiger partial charge >= 0.3 is 5.97 Å². The molecule has 1 saturated heterocycles. The van der Waals surface area contributed by atoms with Gasteiger partial charge in [-0.25, -0.2) is 4.79 Å². The van der Waals surface area contributed by atoms with Crippen LogP contribution < -0.4 is 0 Å². The van der Waals surface area contributed by atoms with Gasteiger partial charge in [0, 0.05) is 6.42 Å². The summed E-state index contributed by atoms with van der Waals surface area (Å²) in [5.41, 5.74) is -0.305. The Hall–Kier alpha value is -1.65. The Labute approximate surface area is 125 Å². The number of rotatable bonds is 5. The summed E-state index contributed by atoms with van der Waals surface area (Å²) in [6.07, 6.45) is 1.47. The second-order valence-electron chi connectivity index (χ2n) is 5.51. The summed E-state index contributed by atoms with van der Waals surface area (Å²) < 4.78 is 17.2. The quantitative estimate of drug-likeness (QED) is 0.616. The van der Waals surface area contributed by atoms with E-state index in [2.05, 4.69) is 6.58 Å². The number of carbonyl (C=O) groups is 1. The second kappa shape index (κ2) is 6.00. The van der Waals surface area contributed by atoms with Crippen molar-refractivity contribution in [2.75, 3.05) is 6.61 Å². The molecule has 1 heterocycles. The molecule has 4 heteroatoms. The number of ether oxygens (including phenoxy) is 3. The van der Waals surface area contributed by atoms with Crippen LogP contribution in [0.5, 0.6) is 0 Å². The Morgan fingerprint density at radius 2 is 2.05 bits per heavy atom. The fourth-order valence-corrected chi connectivity index (χ4v) is 2.71. The molecule has 1 aromatic carbocycles. The molecule has 0 radical (unpaired) electrons. The lowest BCUT2D eigenvalue weighted by atomic mass is 9.88.